The van der Waals surface area contributed by atoms with Gasteiger partial charge in [0.15, 0.2) is 0 Å². The van der Waals surface area contributed by atoms with E-state index in [1.165, 1.54) is 16.7 Å². The van der Waals surface area contributed by atoms with Gasteiger partial charge in [0.2, 0.25) is 5.91 Å². The van der Waals surface area contributed by atoms with Crippen LogP contribution in [0.25, 0.3) is 11.1 Å². The van der Waals surface area contributed by atoms with E-state index in [1.54, 1.807) is 11.3 Å². The van der Waals surface area contributed by atoms with Crippen molar-refractivity contribution in [2.24, 2.45) is 0 Å². The number of aromatic nitrogens is 1. The summed E-state index contributed by atoms with van der Waals surface area (Å²) in [5.74, 6) is 0.0524. The van der Waals surface area contributed by atoms with Gasteiger partial charge in [-0.25, -0.2) is 4.98 Å². The van der Waals surface area contributed by atoms with Crippen molar-refractivity contribution in [2.45, 2.75) is 19.6 Å². The van der Waals surface area contributed by atoms with E-state index in [-0.39, 0.29) is 12.1 Å². The van der Waals surface area contributed by atoms with E-state index < -0.39 is 0 Å². The van der Waals surface area contributed by atoms with E-state index in [1.807, 2.05) is 30.5 Å². The fourth-order valence-electron chi connectivity index (χ4n) is 3.15. The molecule has 1 aromatic heterocycles. The van der Waals surface area contributed by atoms with E-state index in [2.05, 4.69) is 51.6 Å². The monoisotopic (exact) mass is 349 g/mol. The Morgan fingerprint density at radius 2 is 1.84 bits per heavy atom. The second-order valence-corrected chi connectivity index (χ2v) is 7.29. The van der Waals surface area contributed by atoms with Gasteiger partial charge < -0.3 is 5.32 Å². The number of benzene rings is 2. The lowest BCUT2D eigenvalue weighted by molar-refractivity contribution is -0.118. The zero-order chi connectivity index (χ0) is 17.2. The van der Waals surface area contributed by atoms with Crippen molar-refractivity contribution in [2.75, 3.05) is 6.54 Å². The molecule has 0 aliphatic carbocycles. The zero-order valence-corrected chi connectivity index (χ0v) is 14.8. The van der Waals surface area contributed by atoms with Crippen LogP contribution in [0.15, 0.2) is 60.0 Å². The Morgan fingerprint density at radius 3 is 2.52 bits per heavy atom. The van der Waals surface area contributed by atoms with E-state index in [9.17, 15) is 4.79 Å². The number of aryl methyl sites for hydroxylation is 1. The number of hydrogen-bond acceptors (Lipinski definition) is 4. The van der Waals surface area contributed by atoms with Crippen LogP contribution in [-0.2, 0) is 11.3 Å². The number of rotatable bonds is 4. The number of carbonyl (C=O) groups excluding carboxylic acids is 1. The summed E-state index contributed by atoms with van der Waals surface area (Å²) in [5, 5.41) is 6.06. The highest BCUT2D eigenvalue weighted by Crippen LogP contribution is 2.26. The highest BCUT2D eigenvalue weighted by Gasteiger charge is 2.32. The number of nitrogens with zero attached hydrogens (tertiary/aromatic N) is 2. The summed E-state index contributed by atoms with van der Waals surface area (Å²) in [6.07, 6.45) is -0.133. The van der Waals surface area contributed by atoms with Gasteiger partial charge in [0.1, 0.15) is 6.17 Å². The molecule has 1 atom stereocenters. The number of carbonyl (C=O) groups is 1. The summed E-state index contributed by atoms with van der Waals surface area (Å²) >= 11 is 1.61. The summed E-state index contributed by atoms with van der Waals surface area (Å²) in [6, 6.07) is 18.9. The van der Waals surface area contributed by atoms with Gasteiger partial charge in [-0.1, -0.05) is 54.6 Å². The first-order chi connectivity index (χ1) is 12.2. The molecular weight excluding hydrogens is 330 g/mol. The zero-order valence-electron chi connectivity index (χ0n) is 14.0. The van der Waals surface area contributed by atoms with Crippen LogP contribution in [0.4, 0.5) is 0 Å². The molecule has 1 saturated heterocycles. The third-order valence-corrected chi connectivity index (χ3v) is 5.16. The number of nitrogens with one attached hydrogen (secondary N) is 1. The highest BCUT2D eigenvalue weighted by molar-refractivity contribution is 7.09. The van der Waals surface area contributed by atoms with Gasteiger partial charge in [0.05, 0.1) is 17.2 Å². The Hall–Kier alpha value is -2.50. The fraction of sp³-hybridized carbons (Fsp3) is 0.200. The van der Waals surface area contributed by atoms with Crippen molar-refractivity contribution in [3.63, 3.8) is 0 Å². The van der Waals surface area contributed by atoms with Crippen LogP contribution < -0.4 is 5.32 Å². The molecule has 1 N–H and O–H groups in total. The average Bonchev–Trinajstić information content (AvgIpc) is 3.22. The second-order valence-electron chi connectivity index (χ2n) is 6.23. The van der Waals surface area contributed by atoms with E-state index in [0.717, 1.165) is 17.2 Å². The van der Waals surface area contributed by atoms with Gasteiger partial charge in [0.25, 0.3) is 0 Å². The lowest BCUT2D eigenvalue weighted by Crippen LogP contribution is -2.27. The molecule has 2 heterocycles. The molecule has 0 radical (unpaired) electrons. The second kappa shape index (κ2) is 6.78. The van der Waals surface area contributed by atoms with Crippen molar-refractivity contribution in [1.82, 2.24) is 15.2 Å². The van der Waals surface area contributed by atoms with Crippen LogP contribution in [0.5, 0.6) is 0 Å². The summed E-state index contributed by atoms with van der Waals surface area (Å²) < 4.78 is 0. The quantitative estimate of drug-likeness (QED) is 0.780. The van der Waals surface area contributed by atoms with E-state index >= 15 is 0 Å². The average molecular weight is 349 g/mol. The minimum absolute atomic E-state index is 0.0524. The molecule has 0 saturated carbocycles. The number of thiazole rings is 1. The van der Waals surface area contributed by atoms with Gasteiger partial charge in [-0.3, -0.25) is 9.69 Å². The summed E-state index contributed by atoms with van der Waals surface area (Å²) in [5.41, 5.74) is 4.52. The van der Waals surface area contributed by atoms with Gasteiger partial charge in [-0.05, 0) is 23.6 Å². The summed E-state index contributed by atoms with van der Waals surface area (Å²) in [7, 11) is 0. The van der Waals surface area contributed by atoms with E-state index in [4.69, 9.17) is 0 Å². The summed E-state index contributed by atoms with van der Waals surface area (Å²) in [6.45, 7) is 3.11. The van der Waals surface area contributed by atoms with Gasteiger partial charge in [0, 0.05) is 11.9 Å². The van der Waals surface area contributed by atoms with Gasteiger partial charge in [-0.2, -0.15) is 0 Å². The molecule has 0 spiro atoms. The molecule has 1 aliphatic heterocycles. The maximum absolute atomic E-state index is 11.9. The Morgan fingerprint density at radius 1 is 1.12 bits per heavy atom. The molecule has 3 aromatic rings. The molecule has 5 heteroatoms. The Balaban J connectivity index is 1.51. The van der Waals surface area contributed by atoms with Crippen molar-refractivity contribution in [3.05, 3.63) is 76.2 Å². The maximum atomic E-state index is 11.9. The topological polar surface area (TPSA) is 45.2 Å². The first-order valence-electron chi connectivity index (χ1n) is 8.29. The Kier molecular flexibility index (Phi) is 4.34. The van der Waals surface area contributed by atoms with Crippen LogP contribution in [-0.4, -0.2) is 22.3 Å². The van der Waals surface area contributed by atoms with Crippen molar-refractivity contribution in [3.8, 4) is 11.1 Å². The third-order valence-electron chi connectivity index (χ3n) is 4.37. The molecule has 4 rings (SSSR count). The largest absolute Gasteiger partial charge is 0.334 e. The molecule has 2 aromatic carbocycles. The van der Waals surface area contributed by atoms with Crippen LogP contribution in [0.1, 0.15) is 22.4 Å². The molecule has 1 aliphatic rings. The molecule has 1 amide bonds. The Bertz CT molecular complexity index is 873. The van der Waals surface area contributed by atoms with Crippen molar-refractivity contribution in [1.29, 1.82) is 0 Å². The normalized spacial score (nSPS) is 17.6. The van der Waals surface area contributed by atoms with Crippen LogP contribution >= 0.6 is 11.3 Å². The molecular formula is C20H19N3OS. The van der Waals surface area contributed by atoms with Gasteiger partial charge >= 0.3 is 0 Å². The van der Waals surface area contributed by atoms with Crippen LogP contribution in [0, 0.1) is 6.92 Å². The minimum Gasteiger partial charge on any atom is -0.334 e. The first kappa shape index (κ1) is 16.0. The molecule has 1 fully saturated rings. The SMILES string of the molecule is Cc1nc(C2NC(=O)CN2Cc2ccc(-c3ccccc3)cc2)cs1. The lowest BCUT2D eigenvalue weighted by Gasteiger charge is -2.21. The summed E-state index contributed by atoms with van der Waals surface area (Å²) in [4.78, 5) is 18.6. The van der Waals surface area contributed by atoms with Crippen LogP contribution in [0.2, 0.25) is 0 Å². The standard InChI is InChI=1S/C20H19N3OS/c1-14-21-18(13-25-14)20-22-19(24)12-23(20)11-15-7-9-17(10-8-15)16-5-3-2-4-6-16/h2-10,13,20H,11-12H2,1H3,(H,22,24). The van der Waals surface area contributed by atoms with Crippen LogP contribution in [0.3, 0.4) is 0 Å². The highest BCUT2D eigenvalue weighted by atomic mass is 32.1. The third kappa shape index (κ3) is 3.48. The molecule has 0 bridgehead atoms. The van der Waals surface area contributed by atoms with Crippen molar-refractivity contribution >= 4 is 17.2 Å². The smallest absolute Gasteiger partial charge is 0.235 e. The predicted octanol–water partition coefficient (Wildman–Crippen LogP) is 3.75. The molecule has 25 heavy (non-hydrogen) atoms. The lowest BCUT2D eigenvalue weighted by atomic mass is 10.0. The predicted molar refractivity (Wildman–Crippen MR) is 100 cm³/mol. The van der Waals surface area contributed by atoms with Crippen molar-refractivity contribution < 1.29 is 4.79 Å². The molecule has 4 nitrogen and oxygen atoms in total. The minimum atomic E-state index is -0.133. The van der Waals surface area contributed by atoms with E-state index in [0.29, 0.717) is 6.54 Å². The number of amides is 1. The first-order valence-corrected chi connectivity index (χ1v) is 9.17. The maximum Gasteiger partial charge on any atom is 0.235 e. The fourth-order valence-corrected chi connectivity index (χ4v) is 3.78. The molecule has 126 valence electrons. The van der Waals surface area contributed by atoms with Gasteiger partial charge in [-0.15, -0.1) is 11.3 Å². The number of hydrogen-bond donors (Lipinski definition) is 1. The molecule has 1 unspecified atom stereocenters. The Labute approximate surface area is 151 Å².